The van der Waals surface area contributed by atoms with Gasteiger partial charge in [-0.1, -0.05) is 13.8 Å². The van der Waals surface area contributed by atoms with Crippen molar-refractivity contribution in [3.63, 3.8) is 0 Å². The number of amides is 1. The summed E-state index contributed by atoms with van der Waals surface area (Å²) >= 11 is 0. The number of aryl methyl sites for hydroxylation is 1. The number of nitrogens with zero attached hydrogens (tertiary/aromatic N) is 1. The number of hydrogen-bond acceptors (Lipinski definition) is 3. The Labute approximate surface area is 109 Å². The molecule has 18 heavy (non-hydrogen) atoms. The van der Waals surface area contributed by atoms with Crippen molar-refractivity contribution in [3.8, 4) is 0 Å². The van der Waals surface area contributed by atoms with Crippen LogP contribution in [0.15, 0.2) is 12.1 Å². The Bertz CT molecular complexity index is 404. The number of pyridine rings is 1. The highest BCUT2D eigenvalue weighted by molar-refractivity contribution is 5.95. The Morgan fingerprint density at radius 1 is 1.33 bits per heavy atom. The van der Waals surface area contributed by atoms with E-state index >= 15 is 0 Å². The molecule has 0 aliphatic heterocycles. The lowest BCUT2D eigenvalue weighted by atomic mass is 10.1. The fraction of sp³-hybridized carbons (Fsp3) is 0.571. The van der Waals surface area contributed by atoms with Crippen LogP contribution in [0.3, 0.4) is 0 Å². The monoisotopic (exact) mass is 249 g/mol. The zero-order chi connectivity index (χ0) is 13.5. The zero-order valence-electron chi connectivity index (χ0n) is 11.7. The Kier molecular flexibility index (Phi) is 5.62. The highest BCUT2D eigenvalue weighted by atomic mass is 16.1. The quantitative estimate of drug-likeness (QED) is 0.815. The first kappa shape index (κ1) is 14.5. The molecule has 100 valence electrons. The maximum atomic E-state index is 12.1. The average Bonchev–Trinajstić information content (AvgIpc) is 2.38. The second-order valence-electron chi connectivity index (χ2n) is 4.40. The predicted octanol–water partition coefficient (Wildman–Crippen LogP) is 2.60. The van der Waals surface area contributed by atoms with Gasteiger partial charge in [0.1, 0.15) is 5.82 Å². The minimum Gasteiger partial charge on any atom is -0.370 e. The summed E-state index contributed by atoms with van der Waals surface area (Å²) in [4.78, 5) is 16.5. The van der Waals surface area contributed by atoms with Crippen molar-refractivity contribution >= 4 is 11.7 Å². The first-order valence-corrected chi connectivity index (χ1v) is 6.66. The van der Waals surface area contributed by atoms with Gasteiger partial charge in [-0.3, -0.25) is 4.79 Å². The van der Waals surface area contributed by atoms with E-state index in [-0.39, 0.29) is 11.9 Å². The summed E-state index contributed by atoms with van der Waals surface area (Å²) < 4.78 is 0. The van der Waals surface area contributed by atoms with Crippen molar-refractivity contribution in [2.45, 2.75) is 46.6 Å². The SMILES string of the molecule is CCNc1cc(C(=O)NC(C)CC)cc(CC)n1. The van der Waals surface area contributed by atoms with Gasteiger partial charge in [-0.15, -0.1) is 0 Å². The van der Waals surface area contributed by atoms with Crippen molar-refractivity contribution in [3.05, 3.63) is 23.4 Å². The normalized spacial score (nSPS) is 12.0. The summed E-state index contributed by atoms with van der Waals surface area (Å²) in [6.07, 6.45) is 1.75. The average molecular weight is 249 g/mol. The standard InChI is InChI=1S/C14H23N3O/c1-5-10(4)16-14(18)11-8-12(6-2)17-13(9-11)15-7-3/h8-10H,5-7H2,1-4H3,(H,15,17)(H,16,18). The summed E-state index contributed by atoms with van der Waals surface area (Å²) in [7, 11) is 0. The first-order chi connectivity index (χ1) is 8.60. The van der Waals surface area contributed by atoms with Crippen molar-refractivity contribution < 1.29 is 4.79 Å². The van der Waals surface area contributed by atoms with Gasteiger partial charge < -0.3 is 10.6 Å². The van der Waals surface area contributed by atoms with Crippen molar-refractivity contribution in [1.29, 1.82) is 0 Å². The number of rotatable bonds is 6. The van der Waals surface area contributed by atoms with E-state index in [2.05, 4.69) is 22.5 Å². The van der Waals surface area contributed by atoms with Crippen LogP contribution in [0.5, 0.6) is 0 Å². The summed E-state index contributed by atoms with van der Waals surface area (Å²) in [5.41, 5.74) is 1.61. The van der Waals surface area contributed by atoms with Crippen LogP contribution in [-0.4, -0.2) is 23.5 Å². The fourth-order valence-corrected chi connectivity index (χ4v) is 1.58. The number of aromatic nitrogens is 1. The van der Waals surface area contributed by atoms with Crippen LogP contribution in [0.25, 0.3) is 0 Å². The summed E-state index contributed by atoms with van der Waals surface area (Å²) in [5, 5.41) is 6.13. The minimum atomic E-state index is -0.0272. The molecular formula is C14H23N3O. The lowest BCUT2D eigenvalue weighted by Crippen LogP contribution is -2.32. The third-order valence-corrected chi connectivity index (χ3v) is 2.85. The van der Waals surface area contributed by atoms with Gasteiger partial charge in [0.25, 0.3) is 5.91 Å². The van der Waals surface area contributed by atoms with E-state index in [1.54, 1.807) is 6.07 Å². The second-order valence-corrected chi connectivity index (χ2v) is 4.40. The van der Waals surface area contributed by atoms with Gasteiger partial charge in [0.15, 0.2) is 0 Å². The molecule has 0 aliphatic carbocycles. The molecule has 2 N–H and O–H groups in total. The van der Waals surface area contributed by atoms with Crippen LogP contribution in [0.4, 0.5) is 5.82 Å². The Hall–Kier alpha value is -1.58. The van der Waals surface area contributed by atoms with E-state index in [9.17, 15) is 4.79 Å². The highest BCUT2D eigenvalue weighted by Crippen LogP contribution is 2.11. The van der Waals surface area contributed by atoms with Crippen LogP contribution in [0.1, 0.15) is 50.2 Å². The number of hydrogen-bond donors (Lipinski definition) is 2. The maximum Gasteiger partial charge on any atom is 0.251 e. The molecule has 4 heteroatoms. The molecule has 1 rings (SSSR count). The summed E-state index contributed by atoms with van der Waals surface area (Å²) in [6.45, 7) is 8.91. The van der Waals surface area contributed by atoms with Crippen LogP contribution in [0, 0.1) is 0 Å². The van der Waals surface area contributed by atoms with Crippen LogP contribution >= 0.6 is 0 Å². The molecule has 0 saturated carbocycles. The zero-order valence-corrected chi connectivity index (χ0v) is 11.7. The smallest absolute Gasteiger partial charge is 0.251 e. The Morgan fingerprint density at radius 2 is 2.06 bits per heavy atom. The molecule has 0 saturated heterocycles. The van der Waals surface area contributed by atoms with Crippen LogP contribution in [-0.2, 0) is 6.42 Å². The van der Waals surface area contributed by atoms with Gasteiger partial charge in [-0.2, -0.15) is 0 Å². The van der Waals surface area contributed by atoms with Gasteiger partial charge in [0, 0.05) is 23.8 Å². The van der Waals surface area contributed by atoms with Gasteiger partial charge in [-0.25, -0.2) is 4.98 Å². The van der Waals surface area contributed by atoms with E-state index in [1.807, 2.05) is 26.8 Å². The van der Waals surface area contributed by atoms with E-state index in [0.29, 0.717) is 5.56 Å². The van der Waals surface area contributed by atoms with E-state index in [0.717, 1.165) is 30.9 Å². The molecule has 0 radical (unpaired) electrons. The second kappa shape index (κ2) is 6.99. The molecule has 1 aromatic rings. The van der Waals surface area contributed by atoms with Gasteiger partial charge in [-0.05, 0) is 38.8 Å². The molecule has 0 aliphatic rings. The summed E-state index contributed by atoms with van der Waals surface area (Å²) in [6, 6.07) is 3.86. The first-order valence-electron chi connectivity index (χ1n) is 6.66. The third-order valence-electron chi connectivity index (χ3n) is 2.85. The molecule has 1 unspecified atom stereocenters. The predicted molar refractivity (Wildman–Crippen MR) is 75.0 cm³/mol. The van der Waals surface area contributed by atoms with Gasteiger partial charge in [0.2, 0.25) is 0 Å². The van der Waals surface area contributed by atoms with Crippen LogP contribution in [0.2, 0.25) is 0 Å². The fourth-order valence-electron chi connectivity index (χ4n) is 1.58. The number of anilines is 1. The molecular weight excluding hydrogens is 226 g/mol. The molecule has 1 aromatic heterocycles. The molecule has 1 amide bonds. The van der Waals surface area contributed by atoms with Crippen molar-refractivity contribution in [1.82, 2.24) is 10.3 Å². The van der Waals surface area contributed by atoms with Gasteiger partial charge >= 0.3 is 0 Å². The molecule has 1 atom stereocenters. The third kappa shape index (κ3) is 4.02. The largest absolute Gasteiger partial charge is 0.370 e. The Balaban J connectivity index is 2.92. The number of carbonyl (C=O) groups excluding carboxylic acids is 1. The highest BCUT2D eigenvalue weighted by Gasteiger charge is 2.11. The Morgan fingerprint density at radius 3 is 2.61 bits per heavy atom. The molecule has 0 spiro atoms. The molecule has 4 nitrogen and oxygen atoms in total. The van der Waals surface area contributed by atoms with Gasteiger partial charge in [0.05, 0.1) is 0 Å². The molecule has 0 aromatic carbocycles. The van der Waals surface area contributed by atoms with E-state index in [4.69, 9.17) is 0 Å². The van der Waals surface area contributed by atoms with Crippen LogP contribution < -0.4 is 10.6 Å². The molecule has 0 bridgehead atoms. The maximum absolute atomic E-state index is 12.1. The van der Waals surface area contributed by atoms with Crippen molar-refractivity contribution in [2.24, 2.45) is 0 Å². The number of carbonyl (C=O) groups is 1. The molecule has 1 heterocycles. The minimum absolute atomic E-state index is 0.0272. The lowest BCUT2D eigenvalue weighted by molar-refractivity contribution is 0.0939. The van der Waals surface area contributed by atoms with Crippen molar-refractivity contribution in [2.75, 3.05) is 11.9 Å². The summed E-state index contributed by atoms with van der Waals surface area (Å²) in [5.74, 6) is 0.742. The number of nitrogens with one attached hydrogen (secondary N) is 2. The topological polar surface area (TPSA) is 54.0 Å². The van der Waals surface area contributed by atoms with E-state index < -0.39 is 0 Å². The lowest BCUT2D eigenvalue weighted by Gasteiger charge is -2.13. The molecule has 0 fully saturated rings. The van der Waals surface area contributed by atoms with E-state index in [1.165, 1.54) is 0 Å².